The Bertz CT molecular complexity index is 1110. The summed E-state index contributed by atoms with van der Waals surface area (Å²) in [5.74, 6) is 3.86. The van der Waals surface area contributed by atoms with E-state index in [9.17, 15) is 4.79 Å². The van der Waals surface area contributed by atoms with Crippen LogP contribution in [0.25, 0.3) is 21.8 Å². The van der Waals surface area contributed by atoms with Crippen LogP contribution in [0.3, 0.4) is 0 Å². The molecule has 0 unspecified atom stereocenters. The second kappa shape index (κ2) is 7.70. The number of fused-ring (bicyclic) bond motifs is 3. The van der Waals surface area contributed by atoms with Crippen molar-refractivity contribution in [3.05, 3.63) is 48.5 Å². The van der Waals surface area contributed by atoms with E-state index < -0.39 is 0 Å². The third kappa shape index (κ3) is 3.38. The Morgan fingerprint density at radius 1 is 0.788 bits per heavy atom. The zero-order valence-corrected chi connectivity index (χ0v) is 19.7. The van der Waals surface area contributed by atoms with Crippen molar-refractivity contribution in [2.75, 3.05) is 19.6 Å². The third-order valence-corrected chi connectivity index (χ3v) is 9.82. The number of hydrogen-bond acceptors (Lipinski definition) is 2. The average molecular weight is 441 g/mol. The topological polar surface area (TPSA) is 25.2 Å². The van der Waals surface area contributed by atoms with Gasteiger partial charge in [0.05, 0.1) is 6.54 Å². The van der Waals surface area contributed by atoms with Gasteiger partial charge in [0.25, 0.3) is 0 Å². The normalized spacial score (nSPS) is 32.2. The van der Waals surface area contributed by atoms with E-state index in [4.69, 9.17) is 0 Å². The summed E-state index contributed by atoms with van der Waals surface area (Å²) in [5, 5.41) is 2.73. The number of para-hydroxylation sites is 2. The summed E-state index contributed by atoms with van der Waals surface area (Å²) in [6, 6.07) is 17.7. The van der Waals surface area contributed by atoms with Gasteiger partial charge in [0, 0.05) is 33.8 Å². The Morgan fingerprint density at radius 2 is 1.30 bits per heavy atom. The second-order valence-electron chi connectivity index (χ2n) is 12.0. The number of aromatic nitrogens is 1. The van der Waals surface area contributed by atoms with E-state index >= 15 is 0 Å². The first-order valence-electron chi connectivity index (χ1n) is 13.4. The summed E-state index contributed by atoms with van der Waals surface area (Å²) in [6.07, 6.45) is 10.3. The van der Waals surface area contributed by atoms with Crippen molar-refractivity contribution in [1.29, 1.82) is 0 Å². The Labute approximate surface area is 197 Å². The number of carbonyl (C=O) groups is 1. The Morgan fingerprint density at radius 3 is 1.85 bits per heavy atom. The number of likely N-dealkylation sites (tertiary alicyclic amines) is 1. The Hall–Kier alpha value is -2.13. The molecule has 0 amide bonds. The number of carbonyl (C=O) groups excluding carboxylic acids is 1. The summed E-state index contributed by atoms with van der Waals surface area (Å²) < 4.78 is 2.55. The third-order valence-electron chi connectivity index (χ3n) is 9.82. The lowest BCUT2D eigenvalue weighted by atomic mass is 9.48. The predicted molar refractivity (Wildman–Crippen MR) is 134 cm³/mol. The highest BCUT2D eigenvalue weighted by molar-refractivity contribution is 6.07. The van der Waals surface area contributed by atoms with Gasteiger partial charge in [-0.25, -0.2) is 0 Å². The number of hydrogen-bond donors (Lipinski definition) is 0. The molecule has 33 heavy (non-hydrogen) atoms. The smallest absolute Gasteiger partial charge is 0.152 e. The van der Waals surface area contributed by atoms with Crippen molar-refractivity contribution in [2.24, 2.45) is 29.1 Å². The fourth-order valence-corrected chi connectivity index (χ4v) is 8.61. The maximum atomic E-state index is 13.5. The van der Waals surface area contributed by atoms with E-state index in [1.54, 1.807) is 0 Å². The Kier molecular flexibility index (Phi) is 4.73. The molecule has 3 nitrogen and oxygen atoms in total. The quantitative estimate of drug-likeness (QED) is 0.466. The van der Waals surface area contributed by atoms with Gasteiger partial charge in [-0.1, -0.05) is 36.4 Å². The number of piperidine rings is 1. The molecule has 2 heterocycles. The van der Waals surface area contributed by atoms with Crippen LogP contribution in [-0.2, 0) is 11.3 Å². The lowest BCUT2D eigenvalue weighted by Gasteiger charge is -2.56. The molecule has 3 aromatic rings. The van der Waals surface area contributed by atoms with Crippen LogP contribution >= 0.6 is 0 Å². The molecule has 0 N–H and O–H groups in total. The zero-order valence-electron chi connectivity index (χ0n) is 19.7. The molecule has 4 aliphatic carbocycles. The van der Waals surface area contributed by atoms with Crippen molar-refractivity contribution in [1.82, 2.24) is 9.47 Å². The predicted octanol–water partition coefficient (Wildman–Crippen LogP) is 6.29. The van der Waals surface area contributed by atoms with Crippen molar-refractivity contribution in [3.63, 3.8) is 0 Å². The van der Waals surface area contributed by atoms with Crippen LogP contribution in [0, 0.1) is 29.1 Å². The highest BCUT2D eigenvalue weighted by atomic mass is 16.1. The van der Waals surface area contributed by atoms with Crippen LogP contribution in [-0.4, -0.2) is 34.9 Å². The number of ketones is 1. The zero-order chi connectivity index (χ0) is 22.0. The molecule has 172 valence electrons. The van der Waals surface area contributed by atoms with Gasteiger partial charge in [-0.15, -0.1) is 0 Å². The molecule has 3 heteroatoms. The molecular formula is C30H36N2O. The molecule has 1 aromatic heterocycles. The SMILES string of the molecule is O=C(CN1CCC(Cn2c3ccccc3c3ccccc32)CC1)C12CC3CC(CC(C3)C1)C2. The molecular weight excluding hydrogens is 404 g/mol. The molecule has 0 atom stereocenters. The lowest BCUT2D eigenvalue weighted by Crippen LogP contribution is -2.53. The van der Waals surface area contributed by atoms with Crippen LogP contribution in [0.5, 0.6) is 0 Å². The summed E-state index contributed by atoms with van der Waals surface area (Å²) in [4.78, 5) is 16.0. The molecule has 0 radical (unpaired) electrons. The molecule has 5 fully saturated rings. The minimum Gasteiger partial charge on any atom is -0.340 e. The van der Waals surface area contributed by atoms with Crippen molar-refractivity contribution in [3.8, 4) is 0 Å². The maximum Gasteiger partial charge on any atom is 0.152 e. The van der Waals surface area contributed by atoms with Crippen LogP contribution < -0.4 is 0 Å². The van der Waals surface area contributed by atoms with Crippen LogP contribution in [0.2, 0.25) is 0 Å². The van der Waals surface area contributed by atoms with Gasteiger partial charge in [-0.3, -0.25) is 9.69 Å². The van der Waals surface area contributed by atoms with Crippen LogP contribution in [0.4, 0.5) is 0 Å². The highest BCUT2D eigenvalue weighted by Gasteiger charge is 2.54. The Balaban J connectivity index is 1.03. The number of rotatable bonds is 5. The fourth-order valence-electron chi connectivity index (χ4n) is 8.61. The summed E-state index contributed by atoms with van der Waals surface area (Å²) in [6.45, 7) is 3.97. The van der Waals surface area contributed by atoms with E-state index in [0.717, 1.165) is 37.4 Å². The van der Waals surface area contributed by atoms with Gasteiger partial charge < -0.3 is 4.57 Å². The van der Waals surface area contributed by atoms with E-state index in [2.05, 4.69) is 58.0 Å². The highest BCUT2D eigenvalue weighted by Crippen LogP contribution is 2.60. The van der Waals surface area contributed by atoms with E-state index in [1.165, 1.54) is 73.2 Å². The molecule has 0 spiro atoms. The molecule has 1 saturated heterocycles. The van der Waals surface area contributed by atoms with Gasteiger partial charge in [0.1, 0.15) is 0 Å². The standard InChI is InChI=1S/C30H36N2O/c33-29(30-16-22-13-23(17-30)15-24(14-22)18-30)20-31-11-9-21(10-12-31)19-32-27-7-3-1-5-25(27)26-6-2-4-8-28(26)32/h1-8,21-24H,9-20H2. The monoisotopic (exact) mass is 440 g/mol. The van der Waals surface area contributed by atoms with Crippen LogP contribution in [0.15, 0.2) is 48.5 Å². The van der Waals surface area contributed by atoms with E-state index in [1.807, 2.05) is 0 Å². The van der Waals surface area contributed by atoms with E-state index in [-0.39, 0.29) is 5.41 Å². The minimum absolute atomic E-state index is 0.0641. The van der Waals surface area contributed by atoms with Crippen molar-refractivity contribution >= 4 is 27.6 Å². The summed E-state index contributed by atoms with van der Waals surface area (Å²) in [7, 11) is 0. The molecule has 8 rings (SSSR count). The first kappa shape index (κ1) is 20.3. The number of Topliss-reactive ketones (excluding diaryl/α,β-unsaturated/α-hetero) is 1. The van der Waals surface area contributed by atoms with Gasteiger partial charge in [0.2, 0.25) is 0 Å². The molecule has 4 bridgehead atoms. The number of benzene rings is 2. The first-order valence-corrected chi connectivity index (χ1v) is 13.4. The average Bonchev–Trinajstić information content (AvgIpc) is 3.13. The van der Waals surface area contributed by atoms with Gasteiger partial charge in [-0.05, 0) is 100 Å². The molecule has 4 saturated carbocycles. The molecule has 2 aromatic carbocycles. The van der Waals surface area contributed by atoms with Gasteiger partial charge in [-0.2, -0.15) is 0 Å². The molecule has 5 aliphatic rings. The van der Waals surface area contributed by atoms with Gasteiger partial charge >= 0.3 is 0 Å². The van der Waals surface area contributed by atoms with Gasteiger partial charge in [0.15, 0.2) is 5.78 Å². The second-order valence-corrected chi connectivity index (χ2v) is 12.0. The maximum absolute atomic E-state index is 13.5. The first-order chi connectivity index (χ1) is 16.2. The van der Waals surface area contributed by atoms with Crippen LogP contribution in [0.1, 0.15) is 51.4 Å². The summed E-state index contributed by atoms with van der Waals surface area (Å²) in [5.41, 5.74) is 2.78. The van der Waals surface area contributed by atoms with Crippen molar-refractivity contribution < 1.29 is 4.79 Å². The summed E-state index contributed by atoms with van der Waals surface area (Å²) >= 11 is 0. The fraction of sp³-hybridized carbons (Fsp3) is 0.567. The number of nitrogens with zero attached hydrogens (tertiary/aromatic N) is 2. The largest absolute Gasteiger partial charge is 0.340 e. The lowest BCUT2D eigenvalue weighted by molar-refractivity contribution is -0.145. The minimum atomic E-state index is 0.0641. The van der Waals surface area contributed by atoms with E-state index in [0.29, 0.717) is 18.2 Å². The van der Waals surface area contributed by atoms with Crippen molar-refractivity contribution in [2.45, 2.75) is 57.9 Å². The molecule has 1 aliphatic heterocycles.